The molecule has 0 aliphatic heterocycles. The molecule has 0 spiro atoms. The minimum atomic E-state index is -3.66. The van der Waals surface area contributed by atoms with E-state index in [0.717, 1.165) is 0 Å². The number of anilines is 1. The summed E-state index contributed by atoms with van der Waals surface area (Å²) in [4.78, 5) is 12.2. The lowest BCUT2D eigenvalue weighted by atomic mass is 10.1. The van der Waals surface area contributed by atoms with Gasteiger partial charge < -0.3 is 5.32 Å². The lowest BCUT2D eigenvalue weighted by Gasteiger charge is -2.11. The summed E-state index contributed by atoms with van der Waals surface area (Å²) in [7, 11) is -3.66. The average Bonchev–Trinajstić information content (AvgIpc) is 2.53. The van der Waals surface area contributed by atoms with Crippen LogP contribution in [0, 0.1) is 5.92 Å². The molecule has 0 fully saturated rings. The van der Waals surface area contributed by atoms with Crippen molar-refractivity contribution in [1.29, 1.82) is 0 Å². The van der Waals surface area contributed by atoms with Crippen LogP contribution in [-0.2, 0) is 10.0 Å². The highest BCUT2D eigenvalue weighted by atomic mass is 32.2. The van der Waals surface area contributed by atoms with Gasteiger partial charge in [-0.15, -0.1) is 0 Å². The second kappa shape index (κ2) is 7.28. The molecule has 0 aliphatic carbocycles. The zero-order chi connectivity index (χ0) is 16.9. The van der Waals surface area contributed by atoms with E-state index in [2.05, 4.69) is 10.0 Å². The summed E-state index contributed by atoms with van der Waals surface area (Å²) < 4.78 is 27.1. The van der Waals surface area contributed by atoms with Crippen molar-refractivity contribution < 1.29 is 13.2 Å². The van der Waals surface area contributed by atoms with Crippen LogP contribution in [0.3, 0.4) is 0 Å². The Kier molecular flexibility index (Phi) is 5.39. The minimum Gasteiger partial charge on any atom is -0.352 e. The van der Waals surface area contributed by atoms with Gasteiger partial charge in [-0.05, 0) is 36.2 Å². The number of benzene rings is 2. The van der Waals surface area contributed by atoms with Crippen molar-refractivity contribution in [3.63, 3.8) is 0 Å². The predicted octanol–water partition coefficient (Wildman–Crippen LogP) is 2.87. The van der Waals surface area contributed by atoms with Gasteiger partial charge in [-0.3, -0.25) is 9.52 Å². The van der Waals surface area contributed by atoms with E-state index in [1.807, 2.05) is 13.8 Å². The smallest absolute Gasteiger partial charge is 0.261 e. The van der Waals surface area contributed by atoms with Crippen molar-refractivity contribution in [3.8, 4) is 0 Å². The highest BCUT2D eigenvalue weighted by Crippen LogP contribution is 2.17. The van der Waals surface area contributed by atoms with E-state index in [-0.39, 0.29) is 10.8 Å². The van der Waals surface area contributed by atoms with Gasteiger partial charge in [-0.2, -0.15) is 0 Å². The van der Waals surface area contributed by atoms with Crippen LogP contribution in [0.5, 0.6) is 0 Å². The highest BCUT2D eigenvalue weighted by Gasteiger charge is 2.14. The first-order chi connectivity index (χ1) is 10.9. The van der Waals surface area contributed by atoms with Gasteiger partial charge >= 0.3 is 0 Å². The van der Waals surface area contributed by atoms with Crippen LogP contribution in [0.4, 0.5) is 5.69 Å². The Labute approximate surface area is 136 Å². The zero-order valence-electron chi connectivity index (χ0n) is 13.1. The number of hydrogen-bond donors (Lipinski definition) is 2. The highest BCUT2D eigenvalue weighted by molar-refractivity contribution is 7.92. The summed E-state index contributed by atoms with van der Waals surface area (Å²) in [5, 5.41) is 2.80. The fraction of sp³-hybridized carbons (Fsp3) is 0.235. The van der Waals surface area contributed by atoms with Gasteiger partial charge in [0.25, 0.3) is 15.9 Å². The second-order valence-corrected chi connectivity index (χ2v) is 7.29. The van der Waals surface area contributed by atoms with Crippen molar-refractivity contribution in [1.82, 2.24) is 5.32 Å². The van der Waals surface area contributed by atoms with Gasteiger partial charge in [0.05, 0.1) is 4.90 Å². The largest absolute Gasteiger partial charge is 0.352 e. The van der Waals surface area contributed by atoms with Gasteiger partial charge in [-0.1, -0.05) is 38.1 Å². The summed E-state index contributed by atoms with van der Waals surface area (Å²) in [6.45, 7) is 4.58. The molecular formula is C17H20N2O3S. The molecule has 23 heavy (non-hydrogen) atoms. The van der Waals surface area contributed by atoms with Crippen LogP contribution < -0.4 is 10.0 Å². The topological polar surface area (TPSA) is 75.3 Å². The maximum atomic E-state index is 12.3. The van der Waals surface area contributed by atoms with Crippen molar-refractivity contribution in [2.45, 2.75) is 18.7 Å². The van der Waals surface area contributed by atoms with Crippen molar-refractivity contribution >= 4 is 21.6 Å². The van der Waals surface area contributed by atoms with E-state index in [1.165, 1.54) is 18.2 Å². The Bertz CT molecular complexity index is 771. The van der Waals surface area contributed by atoms with Crippen molar-refractivity contribution in [3.05, 3.63) is 60.2 Å². The van der Waals surface area contributed by atoms with E-state index in [9.17, 15) is 13.2 Å². The quantitative estimate of drug-likeness (QED) is 0.854. The summed E-state index contributed by atoms with van der Waals surface area (Å²) in [6.07, 6.45) is 0. The first-order valence-electron chi connectivity index (χ1n) is 7.34. The van der Waals surface area contributed by atoms with E-state index in [4.69, 9.17) is 0 Å². The second-order valence-electron chi connectivity index (χ2n) is 5.60. The molecule has 0 bridgehead atoms. The Morgan fingerprint density at radius 1 is 1.04 bits per heavy atom. The van der Waals surface area contributed by atoms with Gasteiger partial charge in [0.15, 0.2) is 0 Å². The molecule has 0 atom stereocenters. The number of carbonyl (C=O) groups is 1. The third kappa shape index (κ3) is 4.82. The molecule has 2 rings (SSSR count). The number of nitrogens with one attached hydrogen (secondary N) is 2. The molecule has 2 aromatic rings. The van der Waals surface area contributed by atoms with Gasteiger partial charge in [-0.25, -0.2) is 8.42 Å². The third-order valence-electron chi connectivity index (χ3n) is 3.10. The van der Waals surface area contributed by atoms with Gasteiger partial charge in [0.1, 0.15) is 0 Å². The number of amides is 1. The molecule has 6 heteroatoms. The molecule has 122 valence electrons. The average molecular weight is 332 g/mol. The van der Waals surface area contributed by atoms with E-state index >= 15 is 0 Å². The Morgan fingerprint density at radius 3 is 2.39 bits per heavy atom. The fourth-order valence-corrected chi connectivity index (χ4v) is 3.01. The van der Waals surface area contributed by atoms with Gasteiger partial charge in [0, 0.05) is 17.8 Å². The van der Waals surface area contributed by atoms with Crippen LogP contribution >= 0.6 is 0 Å². The lowest BCUT2D eigenvalue weighted by Crippen LogP contribution is -2.27. The first kappa shape index (κ1) is 17.0. The summed E-state index contributed by atoms with van der Waals surface area (Å²) in [6, 6.07) is 14.5. The molecule has 0 unspecified atom stereocenters. The maximum Gasteiger partial charge on any atom is 0.261 e. The molecule has 2 N–H and O–H groups in total. The Hall–Kier alpha value is -2.34. The first-order valence-corrected chi connectivity index (χ1v) is 8.83. The molecule has 5 nitrogen and oxygen atoms in total. The standard InChI is InChI=1S/C17H20N2O3S/c1-13(2)12-18-17(20)14-7-6-8-15(11-14)19-23(21,22)16-9-4-3-5-10-16/h3-11,13,19H,12H2,1-2H3,(H,18,20). The number of carbonyl (C=O) groups excluding carboxylic acids is 1. The normalized spacial score (nSPS) is 11.3. The van der Waals surface area contributed by atoms with E-state index in [0.29, 0.717) is 23.7 Å². The van der Waals surface area contributed by atoms with Crippen molar-refractivity contribution in [2.24, 2.45) is 5.92 Å². The van der Waals surface area contributed by atoms with Crippen LogP contribution in [0.2, 0.25) is 0 Å². The fourth-order valence-electron chi connectivity index (χ4n) is 1.94. The van der Waals surface area contributed by atoms with Gasteiger partial charge in [0.2, 0.25) is 0 Å². The minimum absolute atomic E-state index is 0.176. The van der Waals surface area contributed by atoms with E-state index < -0.39 is 10.0 Å². The lowest BCUT2D eigenvalue weighted by molar-refractivity contribution is 0.0949. The molecule has 1 amide bonds. The summed E-state index contributed by atoms with van der Waals surface area (Å²) >= 11 is 0. The SMILES string of the molecule is CC(C)CNC(=O)c1cccc(NS(=O)(=O)c2ccccc2)c1. The van der Waals surface area contributed by atoms with Crippen molar-refractivity contribution in [2.75, 3.05) is 11.3 Å². The molecule has 0 saturated heterocycles. The number of rotatable bonds is 6. The monoisotopic (exact) mass is 332 g/mol. The molecule has 0 heterocycles. The number of hydrogen-bond acceptors (Lipinski definition) is 3. The maximum absolute atomic E-state index is 12.3. The van der Waals surface area contributed by atoms with E-state index in [1.54, 1.807) is 36.4 Å². The molecule has 0 aromatic heterocycles. The summed E-state index contributed by atoms with van der Waals surface area (Å²) in [5.41, 5.74) is 0.768. The third-order valence-corrected chi connectivity index (χ3v) is 4.50. The molecule has 2 aromatic carbocycles. The Balaban J connectivity index is 2.16. The molecule has 0 aliphatic rings. The molecule has 0 radical (unpaired) electrons. The number of sulfonamides is 1. The van der Waals surface area contributed by atoms with Crippen LogP contribution in [0.25, 0.3) is 0 Å². The van der Waals surface area contributed by atoms with Crippen LogP contribution in [0.15, 0.2) is 59.5 Å². The molecular weight excluding hydrogens is 312 g/mol. The zero-order valence-corrected chi connectivity index (χ0v) is 13.9. The van der Waals surface area contributed by atoms with Crippen LogP contribution in [-0.4, -0.2) is 20.9 Å². The summed E-state index contributed by atoms with van der Waals surface area (Å²) in [5.74, 6) is 0.123. The Morgan fingerprint density at radius 2 is 1.74 bits per heavy atom. The molecule has 0 saturated carbocycles. The van der Waals surface area contributed by atoms with Crippen LogP contribution in [0.1, 0.15) is 24.2 Å². The predicted molar refractivity (Wildman–Crippen MR) is 90.9 cm³/mol.